The molecule has 0 aromatic heterocycles. The standard InChI is InChI=1S/C13H26N4O2/c1-11(10-14-2)13(19)15-5-4-12(18)17-8-6-16(3)7-9-17/h11,14H,4-10H2,1-3H3,(H,15,19). The smallest absolute Gasteiger partial charge is 0.224 e. The molecule has 0 aromatic rings. The van der Waals surface area contributed by atoms with Crippen LogP contribution in [0.5, 0.6) is 0 Å². The van der Waals surface area contributed by atoms with Crippen molar-refractivity contribution >= 4 is 11.8 Å². The van der Waals surface area contributed by atoms with E-state index < -0.39 is 0 Å². The van der Waals surface area contributed by atoms with E-state index in [4.69, 9.17) is 0 Å². The number of carbonyl (C=O) groups is 2. The van der Waals surface area contributed by atoms with Gasteiger partial charge in [-0.15, -0.1) is 0 Å². The van der Waals surface area contributed by atoms with Crippen molar-refractivity contribution in [2.24, 2.45) is 5.92 Å². The molecule has 1 atom stereocenters. The summed E-state index contributed by atoms with van der Waals surface area (Å²) in [6.45, 7) is 6.39. The van der Waals surface area contributed by atoms with E-state index in [9.17, 15) is 9.59 Å². The largest absolute Gasteiger partial charge is 0.355 e. The third-order valence-electron chi connectivity index (χ3n) is 3.45. The van der Waals surface area contributed by atoms with Crippen LogP contribution in [0.25, 0.3) is 0 Å². The first-order valence-electron chi connectivity index (χ1n) is 6.93. The number of hydrogen-bond acceptors (Lipinski definition) is 4. The molecule has 0 aromatic carbocycles. The van der Waals surface area contributed by atoms with Gasteiger partial charge in [-0.05, 0) is 14.1 Å². The van der Waals surface area contributed by atoms with Crippen LogP contribution >= 0.6 is 0 Å². The minimum Gasteiger partial charge on any atom is -0.355 e. The number of carbonyl (C=O) groups excluding carboxylic acids is 2. The SMILES string of the molecule is CNCC(C)C(=O)NCCC(=O)N1CCN(C)CC1. The fraction of sp³-hybridized carbons (Fsp3) is 0.846. The molecule has 6 nitrogen and oxygen atoms in total. The first-order chi connectivity index (χ1) is 9.04. The van der Waals surface area contributed by atoms with Crippen LogP contribution in [0.15, 0.2) is 0 Å². The molecule has 0 radical (unpaired) electrons. The first kappa shape index (κ1) is 15.9. The monoisotopic (exact) mass is 270 g/mol. The van der Waals surface area contributed by atoms with E-state index >= 15 is 0 Å². The molecule has 6 heteroatoms. The van der Waals surface area contributed by atoms with Gasteiger partial charge in [-0.3, -0.25) is 9.59 Å². The van der Waals surface area contributed by atoms with Gasteiger partial charge in [0, 0.05) is 51.6 Å². The summed E-state index contributed by atoms with van der Waals surface area (Å²) in [5, 5.41) is 5.77. The van der Waals surface area contributed by atoms with E-state index in [0.717, 1.165) is 26.2 Å². The number of piperazine rings is 1. The van der Waals surface area contributed by atoms with E-state index in [2.05, 4.69) is 22.6 Å². The van der Waals surface area contributed by atoms with Crippen LogP contribution < -0.4 is 10.6 Å². The second kappa shape index (κ2) is 8.12. The maximum atomic E-state index is 11.9. The highest BCUT2D eigenvalue weighted by Crippen LogP contribution is 2.01. The van der Waals surface area contributed by atoms with Gasteiger partial charge in [0.25, 0.3) is 0 Å². The Morgan fingerprint density at radius 3 is 2.42 bits per heavy atom. The van der Waals surface area contributed by atoms with Crippen molar-refractivity contribution in [3.8, 4) is 0 Å². The van der Waals surface area contributed by atoms with Gasteiger partial charge in [0.1, 0.15) is 0 Å². The van der Waals surface area contributed by atoms with Gasteiger partial charge in [-0.2, -0.15) is 0 Å². The Morgan fingerprint density at radius 2 is 1.84 bits per heavy atom. The van der Waals surface area contributed by atoms with Crippen molar-refractivity contribution in [1.29, 1.82) is 0 Å². The second-order valence-electron chi connectivity index (χ2n) is 5.18. The van der Waals surface area contributed by atoms with E-state index in [1.54, 1.807) is 0 Å². The Kier molecular flexibility index (Phi) is 6.80. The predicted molar refractivity (Wildman–Crippen MR) is 74.8 cm³/mol. The van der Waals surface area contributed by atoms with Crippen LogP contribution in [0.1, 0.15) is 13.3 Å². The Bertz CT molecular complexity index is 301. The molecule has 1 heterocycles. The van der Waals surface area contributed by atoms with Gasteiger partial charge in [0.05, 0.1) is 0 Å². The quantitative estimate of drug-likeness (QED) is 0.658. The summed E-state index contributed by atoms with van der Waals surface area (Å²) in [6.07, 6.45) is 0.391. The van der Waals surface area contributed by atoms with Crippen molar-refractivity contribution in [2.75, 3.05) is 53.4 Å². The van der Waals surface area contributed by atoms with Gasteiger partial charge < -0.3 is 20.4 Å². The van der Waals surface area contributed by atoms with E-state index in [1.165, 1.54) is 0 Å². The van der Waals surface area contributed by atoms with Gasteiger partial charge in [-0.25, -0.2) is 0 Å². The molecule has 2 N–H and O–H groups in total. The zero-order chi connectivity index (χ0) is 14.3. The van der Waals surface area contributed by atoms with Crippen LogP contribution in [0.3, 0.4) is 0 Å². The molecule has 1 aliphatic rings. The van der Waals surface area contributed by atoms with Crippen LogP contribution in [0.2, 0.25) is 0 Å². The van der Waals surface area contributed by atoms with Gasteiger partial charge in [0.15, 0.2) is 0 Å². The molecule has 110 valence electrons. The van der Waals surface area contributed by atoms with Gasteiger partial charge >= 0.3 is 0 Å². The molecule has 1 unspecified atom stereocenters. The van der Waals surface area contributed by atoms with Crippen molar-refractivity contribution < 1.29 is 9.59 Å². The molecule has 0 bridgehead atoms. The van der Waals surface area contributed by atoms with Crippen LogP contribution in [0, 0.1) is 5.92 Å². The zero-order valence-electron chi connectivity index (χ0n) is 12.2. The molecule has 0 spiro atoms. The molecule has 0 saturated carbocycles. The lowest BCUT2D eigenvalue weighted by Crippen LogP contribution is -2.47. The highest BCUT2D eigenvalue weighted by Gasteiger charge is 2.19. The number of nitrogens with zero attached hydrogens (tertiary/aromatic N) is 2. The summed E-state index contributed by atoms with van der Waals surface area (Å²) in [7, 11) is 3.88. The number of likely N-dealkylation sites (N-methyl/N-ethyl adjacent to an activating group) is 1. The average Bonchev–Trinajstić information content (AvgIpc) is 2.39. The lowest BCUT2D eigenvalue weighted by Gasteiger charge is -2.32. The lowest BCUT2D eigenvalue weighted by atomic mass is 10.1. The third kappa shape index (κ3) is 5.57. The molecule has 1 aliphatic heterocycles. The summed E-state index contributed by atoms with van der Waals surface area (Å²) < 4.78 is 0. The topological polar surface area (TPSA) is 64.7 Å². The molecule has 1 fully saturated rings. The molecule has 1 rings (SSSR count). The summed E-state index contributed by atoms with van der Waals surface area (Å²) >= 11 is 0. The highest BCUT2D eigenvalue weighted by molar-refractivity contribution is 5.80. The van der Waals surface area contributed by atoms with Crippen molar-refractivity contribution in [3.63, 3.8) is 0 Å². The predicted octanol–water partition coefficient (Wildman–Crippen LogP) is -0.878. The molecule has 19 heavy (non-hydrogen) atoms. The summed E-state index contributed by atoms with van der Waals surface area (Å²) in [6, 6.07) is 0. The van der Waals surface area contributed by atoms with Crippen LogP contribution in [-0.2, 0) is 9.59 Å². The highest BCUT2D eigenvalue weighted by atomic mass is 16.2. The molecular weight excluding hydrogens is 244 g/mol. The Balaban J connectivity index is 2.18. The van der Waals surface area contributed by atoms with Crippen LogP contribution in [-0.4, -0.2) is 75.0 Å². The van der Waals surface area contributed by atoms with E-state index in [-0.39, 0.29) is 17.7 Å². The summed E-state index contributed by atoms with van der Waals surface area (Å²) in [5.74, 6) is 0.0685. The van der Waals surface area contributed by atoms with Gasteiger partial charge in [0.2, 0.25) is 11.8 Å². The van der Waals surface area contributed by atoms with E-state index in [0.29, 0.717) is 19.5 Å². The molecular formula is C13H26N4O2. The summed E-state index contributed by atoms with van der Waals surface area (Å²) in [4.78, 5) is 27.7. The molecule has 0 aliphatic carbocycles. The zero-order valence-corrected chi connectivity index (χ0v) is 12.2. The Morgan fingerprint density at radius 1 is 1.21 bits per heavy atom. The average molecular weight is 270 g/mol. The maximum Gasteiger partial charge on any atom is 0.224 e. The molecule has 2 amide bonds. The Labute approximate surface area is 115 Å². The van der Waals surface area contributed by atoms with E-state index in [1.807, 2.05) is 18.9 Å². The fourth-order valence-electron chi connectivity index (χ4n) is 2.08. The molecule has 1 saturated heterocycles. The Hall–Kier alpha value is -1.14. The van der Waals surface area contributed by atoms with Crippen molar-refractivity contribution in [3.05, 3.63) is 0 Å². The van der Waals surface area contributed by atoms with Crippen molar-refractivity contribution in [2.45, 2.75) is 13.3 Å². The number of hydrogen-bond donors (Lipinski definition) is 2. The van der Waals surface area contributed by atoms with Gasteiger partial charge in [-0.1, -0.05) is 6.92 Å². The number of rotatable bonds is 6. The normalized spacial score (nSPS) is 18.2. The summed E-state index contributed by atoms with van der Waals surface area (Å²) in [5.41, 5.74) is 0. The minimum atomic E-state index is -0.0660. The maximum absolute atomic E-state index is 11.9. The van der Waals surface area contributed by atoms with Crippen molar-refractivity contribution in [1.82, 2.24) is 20.4 Å². The lowest BCUT2D eigenvalue weighted by molar-refractivity contribution is -0.132. The van der Waals surface area contributed by atoms with Crippen LogP contribution in [0.4, 0.5) is 0 Å². The number of amides is 2. The third-order valence-corrected chi connectivity index (χ3v) is 3.45. The second-order valence-corrected chi connectivity index (χ2v) is 5.18. The minimum absolute atomic E-state index is 0.000488. The first-order valence-corrected chi connectivity index (χ1v) is 6.93. The number of nitrogens with one attached hydrogen (secondary N) is 2. The fourth-order valence-corrected chi connectivity index (χ4v) is 2.08.